The summed E-state index contributed by atoms with van der Waals surface area (Å²) < 4.78 is 11.2. The molecule has 1 aliphatic rings. The van der Waals surface area contributed by atoms with E-state index >= 15 is 0 Å². The molecule has 0 radical (unpaired) electrons. The first kappa shape index (κ1) is 14.4. The average Bonchev–Trinajstić information content (AvgIpc) is 2.28. The fourth-order valence-corrected chi connectivity index (χ4v) is 1.70. The Hall–Kier alpha value is -0.680. The third-order valence-corrected chi connectivity index (χ3v) is 2.46. The Morgan fingerprint density at radius 1 is 1.35 bits per heavy atom. The minimum absolute atomic E-state index is 0.0114. The van der Waals surface area contributed by atoms with E-state index in [0.717, 1.165) is 6.42 Å². The normalized spacial score (nSPS) is 30.8. The third kappa shape index (κ3) is 5.46. The van der Waals surface area contributed by atoms with Crippen LogP contribution in [-0.2, 0) is 9.47 Å². The highest BCUT2D eigenvalue weighted by Gasteiger charge is 2.28. The van der Waals surface area contributed by atoms with Gasteiger partial charge in [0.15, 0.2) is 6.29 Å². The van der Waals surface area contributed by atoms with E-state index in [1.165, 1.54) is 0 Å². The topological polar surface area (TPSA) is 58.9 Å². The van der Waals surface area contributed by atoms with Gasteiger partial charge in [-0.2, -0.15) is 0 Å². The van der Waals surface area contributed by atoms with Crippen LogP contribution >= 0.6 is 0 Å². The van der Waals surface area contributed by atoms with Crippen LogP contribution in [0.15, 0.2) is 24.3 Å². The Morgan fingerprint density at radius 3 is 2.76 bits per heavy atom. The van der Waals surface area contributed by atoms with Crippen LogP contribution in [-0.4, -0.2) is 41.4 Å². The summed E-state index contributed by atoms with van der Waals surface area (Å²) in [6, 6.07) is 0. The Bertz CT molecular complexity index is 260. The minimum Gasteiger partial charge on any atom is -0.392 e. The number of hydrogen-bond acceptors (Lipinski definition) is 4. The molecule has 2 N–H and O–H groups in total. The van der Waals surface area contributed by atoms with Crippen molar-refractivity contribution in [1.82, 2.24) is 0 Å². The number of hydrogen-bond donors (Lipinski definition) is 2. The molecule has 0 amide bonds. The maximum absolute atomic E-state index is 9.77. The summed E-state index contributed by atoms with van der Waals surface area (Å²) in [5, 5.41) is 18.3. The summed E-state index contributed by atoms with van der Waals surface area (Å²) in [5.74, 6) is 0. The van der Waals surface area contributed by atoms with E-state index < -0.39 is 6.10 Å². The molecule has 0 unspecified atom stereocenters. The van der Waals surface area contributed by atoms with E-state index in [4.69, 9.17) is 14.6 Å². The van der Waals surface area contributed by atoms with Crippen molar-refractivity contribution in [2.75, 3.05) is 6.61 Å². The summed E-state index contributed by atoms with van der Waals surface area (Å²) in [6.45, 7) is 3.93. The van der Waals surface area contributed by atoms with Crippen LogP contribution in [0.5, 0.6) is 0 Å². The Morgan fingerprint density at radius 2 is 2.12 bits per heavy atom. The fourth-order valence-electron chi connectivity index (χ4n) is 1.70. The molecule has 1 rings (SSSR count). The van der Waals surface area contributed by atoms with Gasteiger partial charge >= 0.3 is 0 Å². The summed E-state index contributed by atoms with van der Waals surface area (Å²) >= 11 is 0. The molecule has 0 spiro atoms. The van der Waals surface area contributed by atoms with Crippen molar-refractivity contribution in [3.8, 4) is 0 Å². The number of ether oxygens (including phenoxy) is 2. The van der Waals surface area contributed by atoms with E-state index in [1.807, 2.05) is 13.8 Å². The lowest BCUT2D eigenvalue weighted by Crippen LogP contribution is -2.39. The molecule has 1 heterocycles. The first-order valence-electron chi connectivity index (χ1n) is 6.06. The van der Waals surface area contributed by atoms with Gasteiger partial charge in [0.05, 0.1) is 18.8 Å². The zero-order valence-electron chi connectivity index (χ0n) is 10.5. The van der Waals surface area contributed by atoms with Crippen LogP contribution in [0.1, 0.15) is 26.7 Å². The van der Waals surface area contributed by atoms with E-state index in [9.17, 15) is 5.11 Å². The van der Waals surface area contributed by atoms with Crippen LogP contribution in [0, 0.1) is 0 Å². The van der Waals surface area contributed by atoms with Crippen molar-refractivity contribution in [3.05, 3.63) is 24.3 Å². The van der Waals surface area contributed by atoms with Crippen LogP contribution in [0.3, 0.4) is 0 Å². The summed E-state index contributed by atoms with van der Waals surface area (Å²) in [7, 11) is 0. The number of aliphatic hydroxyl groups excluding tert-OH is 2. The smallest absolute Gasteiger partial charge is 0.158 e. The molecule has 0 bridgehead atoms. The number of rotatable bonds is 5. The van der Waals surface area contributed by atoms with Gasteiger partial charge in [0.2, 0.25) is 0 Å². The molecule has 0 aromatic heterocycles. The zero-order valence-corrected chi connectivity index (χ0v) is 10.5. The van der Waals surface area contributed by atoms with Crippen LogP contribution in [0.25, 0.3) is 0 Å². The highest BCUT2D eigenvalue weighted by molar-refractivity contribution is 5.06. The molecular formula is C13H22O4. The second-order valence-corrected chi connectivity index (χ2v) is 4.36. The van der Waals surface area contributed by atoms with Gasteiger partial charge in [-0.25, -0.2) is 0 Å². The molecule has 17 heavy (non-hydrogen) atoms. The molecule has 1 fully saturated rings. The Labute approximate surface area is 103 Å². The van der Waals surface area contributed by atoms with Crippen molar-refractivity contribution in [3.63, 3.8) is 0 Å². The molecule has 0 saturated carbocycles. The lowest BCUT2D eigenvalue weighted by Gasteiger charge is -2.33. The highest BCUT2D eigenvalue weighted by atomic mass is 16.7. The zero-order chi connectivity index (χ0) is 12.7. The van der Waals surface area contributed by atoms with Crippen molar-refractivity contribution in [2.24, 2.45) is 0 Å². The van der Waals surface area contributed by atoms with Gasteiger partial charge < -0.3 is 19.7 Å². The van der Waals surface area contributed by atoms with Crippen LogP contribution < -0.4 is 0 Å². The third-order valence-electron chi connectivity index (χ3n) is 2.46. The van der Waals surface area contributed by atoms with Crippen LogP contribution in [0.2, 0.25) is 0 Å². The summed E-state index contributed by atoms with van der Waals surface area (Å²) in [5.41, 5.74) is 0. The molecule has 0 aromatic carbocycles. The quantitative estimate of drug-likeness (QED) is 0.715. The van der Waals surface area contributed by atoms with Gasteiger partial charge in [-0.1, -0.05) is 24.3 Å². The minimum atomic E-state index is -0.485. The molecule has 4 heteroatoms. The molecule has 0 aromatic rings. The lowest BCUT2D eigenvalue weighted by molar-refractivity contribution is -0.222. The molecule has 3 atom stereocenters. The monoisotopic (exact) mass is 242 g/mol. The molecular weight excluding hydrogens is 220 g/mol. The predicted octanol–water partition coefficient (Wildman–Crippen LogP) is 1.38. The lowest BCUT2D eigenvalue weighted by atomic mass is 10.0. The molecule has 0 aliphatic carbocycles. The second-order valence-electron chi connectivity index (χ2n) is 4.36. The maximum atomic E-state index is 9.77. The average molecular weight is 242 g/mol. The van der Waals surface area contributed by atoms with Crippen molar-refractivity contribution >= 4 is 0 Å². The number of allylic oxidation sites excluding steroid dienone is 2. The summed E-state index contributed by atoms with van der Waals surface area (Å²) in [6.07, 6.45) is 7.35. The van der Waals surface area contributed by atoms with Crippen LogP contribution in [0.4, 0.5) is 0 Å². The van der Waals surface area contributed by atoms with Gasteiger partial charge in [-0.15, -0.1) is 0 Å². The Kier molecular flexibility index (Phi) is 6.44. The summed E-state index contributed by atoms with van der Waals surface area (Å²) in [4.78, 5) is 0. The van der Waals surface area contributed by atoms with Crippen molar-refractivity contribution in [2.45, 2.75) is 51.3 Å². The van der Waals surface area contributed by atoms with Gasteiger partial charge in [0.25, 0.3) is 0 Å². The Balaban J connectivity index is 2.45. The molecule has 98 valence electrons. The van der Waals surface area contributed by atoms with E-state index in [2.05, 4.69) is 0 Å². The van der Waals surface area contributed by atoms with Gasteiger partial charge in [-0.05, 0) is 20.3 Å². The number of aliphatic hydroxyl groups is 2. The predicted molar refractivity (Wildman–Crippen MR) is 65.5 cm³/mol. The van der Waals surface area contributed by atoms with Crippen molar-refractivity contribution < 1.29 is 19.7 Å². The van der Waals surface area contributed by atoms with Gasteiger partial charge in [0, 0.05) is 6.42 Å². The standard InChI is InChI=1S/C13H22O4/c1-10(2)16-13-8-7-11(15)12(17-13)6-4-3-5-9-14/h3-6,10-15H,7-9H2,1-2H3/b5-3+,6-4-/t11-,12+,13-/m0/s1. The second kappa shape index (κ2) is 7.61. The van der Waals surface area contributed by atoms with E-state index in [1.54, 1.807) is 24.3 Å². The SMILES string of the molecule is CC(C)O[C@@H]1CC[C@H](O)[C@@H](/C=C\C=C\CO)O1. The molecule has 1 saturated heterocycles. The van der Waals surface area contributed by atoms with E-state index in [0.29, 0.717) is 6.42 Å². The van der Waals surface area contributed by atoms with Gasteiger partial charge in [-0.3, -0.25) is 0 Å². The first-order chi connectivity index (χ1) is 8.13. The largest absolute Gasteiger partial charge is 0.392 e. The maximum Gasteiger partial charge on any atom is 0.158 e. The highest BCUT2D eigenvalue weighted by Crippen LogP contribution is 2.22. The molecule has 4 nitrogen and oxygen atoms in total. The van der Waals surface area contributed by atoms with Crippen molar-refractivity contribution in [1.29, 1.82) is 0 Å². The van der Waals surface area contributed by atoms with Gasteiger partial charge in [0.1, 0.15) is 6.10 Å². The molecule has 1 aliphatic heterocycles. The van der Waals surface area contributed by atoms with E-state index in [-0.39, 0.29) is 25.1 Å². The first-order valence-corrected chi connectivity index (χ1v) is 6.06. The fraction of sp³-hybridized carbons (Fsp3) is 0.692.